The van der Waals surface area contributed by atoms with Crippen LogP contribution >= 0.6 is 0 Å². The van der Waals surface area contributed by atoms with Gasteiger partial charge in [-0.1, -0.05) is 6.07 Å². The van der Waals surface area contributed by atoms with E-state index in [9.17, 15) is 9.59 Å². The van der Waals surface area contributed by atoms with Crippen molar-refractivity contribution in [3.05, 3.63) is 29.8 Å². The molecule has 0 radical (unpaired) electrons. The van der Waals surface area contributed by atoms with Crippen molar-refractivity contribution in [2.45, 2.75) is 13.0 Å². The summed E-state index contributed by atoms with van der Waals surface area (Å²) in [5.74, 6) is -0.384. The monoisotopic (exact) mass is 300 g/mol. The molecule has 8 heteroatoms. The molecule has 0 N–H and O–H groups in total. The number of hydrogen-bond donors (Lipinski definition) is 0. The fourth-order valence-electron chi connectivity index (χ4n) is 1.33. The van der Waals surface area contributed by atoms with Gasteiger partial charge in [-0.05, 0) is 25.1 Å². The second-order valence-electron chi connectivity index (χ2n) is 3.89. The largest absolute Gasteiger partial charge is 0.543 e. The van der Waals surface area contributed by atoms with Crippen molar-refractivity contribution in [1.82, 2.24) is 0 Å². The zero-order valence-electron chi connectivity index (χ0n) is 11.9. The van der Waals surface area contributed by atoms with E-state index in [1.54, 1.807) is 19.1 Å². The molecule has 0 aliphatic carbocycles. The first-order chi connectivity index (χ1) is 10.1. The molecular formula is C13H16O8. The van der Waals surface area contributed by atoms with Crippen LogP contribution in [0.15, 0.2) is 24.3 Å². The molecule has 21 heavy (non-hydrogen) atoms. The molecule has 1 rings (SSSR count). The summed E-state index contributed by atoms with van der Waals surface area (Å²) < 4.78 is 14.4. The summed E-state index contributed by atoms with van der Waals surface area (Å²) >= 11 is 0. The molecule has 0 aromatic heterocycles. The molecule has 8 nitrogen and oxygen atoms in total. The van der Waals surface area contributed by atoms with E-state index in [4.69, 9.17) is 14.2 Å². The van der Waals surface area contributed by atoms with E-state index >= 15 is 0 Å². The maximum absolute atomic E-state index is 11.6. The van der Waals surface area contributed by atoms with E-state index in [0.29, 0.717) is 5.75 Å². The first kappa shape index (κ1) is 16.7. The fraction of sp³-hybridized carbons (Fsp3) is 0.385. The number of benzene rings is 1. The van der Waals surface area contributed by atoms with Gasteiger partial charge in [0.1, 0.15) is 11.9 Å². The van der Waals surface area contributed by atoms with Crippen molar-refractivity contribution in [1.29, 1.82) is 0 Å². The second-order valence-corrected chi connectivity index (χ2v) is 3.89. The normalized spacial score (nSPS) is 11.4. The van der Waals surface area contributed by atoms with Gasteiger partial charge in [-0.3, -0.25) is 4.89 Å². The summed E-state index contributed by atoms with van der Waals surface area (Å²) in [6, 6.07) is 6.16. The van der Waals surface area contributed by atoms with E-state index in [-0.39, 0.29) is 12.2 Å². The highest BCUT2D eigenvalue weighted by atomic mass is 17.5. The van der Waals surface area contributed by atoms with Crippen LogP contribution in [-0.2, 0) is 24.3 Å². The van der Waals surface area contributed by atoms with Gasteiger partial charge in [0.15, 0.2) is 0 Å². The summed E-state index contributed by atoms with van der Waals surface area (Å²) in [6.45, 7) is 1.78. The lowest BCUT2D eigenvalue weighted by Gasteiger charge is -2.10. The Labute approximate surface area is 121 Å². The minimum atomic E-state index is -1.15. The second kappa shape index (κ2) is 8.77. The molecule has 0 aliphatic rings. The summed E-state index contributed by atoms with van der Waals surface area (Å²) in [4.78, 5) is 31.1. The lowest BCUT2D eigenvalue weighted by atomic mass is 10.2. The van der Waals surface area contributed by atoms with Crippen LogP contribution in [-0.4, -0.2) is 39.1 Å². The Morgan fingerprint density at radius 3 is 2.62 bits per heavy atom. The van der Waals surface area contributed by atoms with Gasteiger partial charge in [0.05, 0.1) is 24.3 Å². The summed E-state index contributed by atoms with van der Waals surface area (Å²) in [7, 11) is 2.92. The molecule has 0 amide bonds. The molecule has 1 aromatic rings. The summed E-state index contributed by atoms with van der Waals surface area (Å²) in [6.07, 6.45) is -1.68. The highest BCUT2D eigenvalue weighted by Gasteiger charge is 2.15. The minimum Gasteiger partial charge on any atom is -0.497 e. The van der Waals surface area contributed by atoms with E-state index in [2.05, 4.69) is 14.8 Å². The Bertz CT molecular complexity index is 473. The van der Waals surface area contributed by atoms with Crippen molar-refractivity contribution >= 4 is 12.1 Å². The Kier molecular flexibility index (Phi) is 6.99. The molecule has 1 aromatic carbocycles. The molecule has 1 unspecified atom stereocenters. The topological polar surface area (TPSA) is 89.5 Å². The number of hydrogen-bond acceptors (Lipinski definition) is 8. The predicted octanol–water partition coefficient (Wildman–Crippen LogP) is 1.89. The van der Waals surface area contributed by atoms with Gasteiger partial charge in [0, 0.05) is 7.11 Å². The average Bonchev–Trinajstić information content (AvgIpc) is 2.47. The van der Waals surface area contributed by atoms with Gasteiger partial charge in [0.2, 0.25) is 0 Å². The zero-order valence-corrected chi connectivity index (χ0v) is 11.9. The quantitative estimate of drug-likeness (QED) is 0.428. The highest BCUT2D eigenvalue weighted by Crippen LogP contribution is 2.13. The summed E-state index contributed by atoms with van der Waals surface area (Å²) in [5, 5.41) is 4.06. The van der Waals surface area contributed by atoms with Gasteiger partial charge in [-0.15, -0.1) is 0 Å². The van der Waals surface area contributed by atoms with Crippen LogP contribution in [0.1, 0.15) is 17.3 Å². The third kappa shape index (κ3) is 6.11. The van der Waals surface area contributed by atoms with Gasteiger partial charge in [0.25, 0.3) is 0 Å². The Morgan fingerprint density at radius 2 is 1.95 bits per heavy atom. The third-order valence-electron chi connectivity index (χ3n) is 2.22. The maximum atomic E-state index is 11.6. The number of carbonyl (C=O) groups excluding carboxylic acids is 2. The molecule has 0 fully saturated rings. The van der Waals surface area contributed by atoms with Gasteiger partial charge >= 0.3 is 12.1 Å². The zero-order chi connectivity index (χ0) is 15.7. The van der Waals surface area contributed by atoms with Crippen molar-refractivity contribution in [2.75, 3.05) is 20.8 Å². The predicted molar refractivity (Wildman–Crippen MR) is 68.4 cm³/mol. The van der Waals surface area contributed by atoms with Crippen LogP contribution in [0.25, 0.3) is 0 Å². The standard InChI is InChI=1S/C13H16O8/c1-9(8-16-2)18-13(15)20-21-19-12(14)10-5-4-6-11(7-10)17-3/h4-7,9H,8H2,1-3H3. The lowest BCUT2D eigenvalue weighted by molar-refractivity contribution is -0.453. The lowest BCUT2D eigenvalue weighted by Crippen LogP contribution is -2.21. The van der Waals surface area contributed by atoms with Crippen molar-refractivity contribution in [3.63, 3.8) is 0 Å². The summed E-state index contributed by atoms with van der Waals surface area (Å²) in [5.41, 5.74) is 0.166. The SMILES string of the molecule is COCC(C)OC(=O)OOOC(=O)c1cccc(OC)c1. The van der Waals surface area contributed by atoms with Crippen LogP contribution in [0.4, 0.5) is 4.79 Å². The Balaban J connectivity index is 2.34. The maximum Gasteiger partial charge on any atom is 0.543 e. The van der Waals surface area contributed by atoms with Gasteiger partial charge in [-0.25, -0.2) is 14.5 Å². The van der Waals surface area contributed by atoms with Crippen LogP contribution in [0.5, 0.6) is 5.75 Å². The van der Waals surface area contributed by atoms with E-state index < -0.39 is 18.2 Å². The smallest absolute Gasteiger partial charge is 0.497 e. The number of carbonyl (C=O) groups is 2. The number of methoxy groups -OCH3 is 2. The number of rotatable bonds is 7. The van der Waals surface area contributed by atoms with Crippen LogP contribution in [0.2, 0.25) is 0 Å². The minimum absolute atomic E-state index is 0.166. The first-order valence-corrected chi connectivity index (χ1v) is 5.96. The first-order valence-electron chi connectivity index (χ1n) is 5.96. The molecule has 0 aliphatic heterocycles. The van der Waals surface area contributed by atoms with E-state index in [1.807, 2.05) is 0 Å². The van der Waals surface area contributed by atoms with Crippen molar-refractivity contribution < 1.29 is 38.6 Å². The molecule has 1 atom stereocenters. The average molecular weight is 300 g/mol. The van der Waals surface area contributed by atoms with Crippen LogP contribution < -0.4 is 4.74 Å². The molecule has 0 saturated heterocycles. The van der Waals surface area contributed by atoms with Crippen molar-refractivity contribution in [3.8, 4) is 5.75 Å². The van der Waals surface area contributed by atoms with Gasteiger partial charge < -0.3 is 14.2 Å². The molecular weight excluding hydrogens is 284 g/mol. The number of ether oxygens (including phenoxy) is 3. The molecule has 116 valence electrons. The van der Waals surface area contributed by atoms with Crippen molar-refractivity contribution in [2.24, 2.45) is 0 Å². The van der Waals surface area contributed by atoms with E-state index in [0.717, 1.165) is 0 Å². The van der Waals surface area contributed by atoms with Crippen LogP contribution in [0, 0.1) is 0 Å². The molecule has 0 heterocycles. The Hall–Kier alpha value is -2.32. The van der Waals surface area contributed by atoms with E-state index in [1.165, 1.54) is 26.4 Å². The van der Waals surface area contributed by atoms with Crippen LogP contribution in [0.3, 0.4) is 0 Å². The molecule has 0 spiro atoms. The van der Waals surface area contributed by atoms with Gasteiger partial charge in [-0.2, -0.15) is 0 Å². The highest BCUT2D eigenvalue weighted by molar-refractivity contribution is 5.89. The Morgan fingerprint density at radius 1 is 1.19 bits per heavy atom. The fourth-order valence-corrected chi connectivity index (χ4v) is 1.33. The third-order valence-corrected chi connectivity index (χ3v) is 2.22. The molecule has 0 saturated carbocycles. The molecule has 0 bridgehead atoms.